The predicted molar refractivity (Wildman–Crippen MR) is 285 cm³/mol. The van der Waals surface area contributed by atoms with Crippen molar-refractivity contribution in [3.05, 3.63) is 70.8 Å². The Morgan fingerprint density at radius 1 is 0.903 bits per heavy atom. The van der Waals surface area contributed by atoms with Gasteiger partial charge < -0.3 is 35.6 Å². The molecule has 2 aromatic carbocycles. The molecule has 12 atom stereocenters. The first kappa shape index (κ1) is 48.3. The summed E-state index contributed by atoms with van der Waals surface area (Å²) < 4.78 is 13.9. The van der Waals surface area contributed by atoms with Crippen LogP contribution in [0.25, 0.3) is 0 Å². The van der Waals surface area contributed by atoms with E-state index in [0.717, 1.165) is 99.5 Å². The number of hydrogen-bond acceptors (Lipinski definition) is 11. The Morgan fingerprint density at radius 2 is 1.69 bits per heavy atom. The quantitative estimate of drug-likeness (QED) is 0.130. The maximum absolute atomic E-state index is 14.9. The Kier molecular flexibility index (Phi) is 12.4. The molecule has 12 heteroatoms. The molecule has 1 amide bonds. The highest BCUT2D eigenvalue weighted by atomic mass is 33.1. The first-order valence-corrected chi connectivity index (χ1v) is 31.1. The number of esters is 1. The Hall–Kier alpha value is -3.35. The summed E-state index contributed by atoms with van der Waals surface area (Å²) in [6, 6.07) is 13.0. The molecule has 12 bridgehead atoms. The molecular weight excluding hydrogens is 937 g/mol. The van der Waals surface area contributed by atoms with Crippen LogP contribution in [0.3, 0.4) is 0 Å². The van der Waals surface area contributed by atoms with E-state index in [0.29, 0.717) is 67.7 Å². The van der Waals surface area contributed by atoms with Crippen LogP contribution in [0.1, 0.15) is 182 Å². The normalized spacial score (nSPS) is 42.0. The molecule has 0 radical (unpaired) electrons. The van der Waals surface area contributed by atoms with E-state index in [1.807, 2.05) is 4.90 Å². The van der Waals surface area contributed by atoms with Gasteiger partial charge in [-0.1, -0.05) is 70.8 Å². The van der Waals surface area contributed by atoms with E-state index in [1.54, 1.807) is 6.92 Å². The number of phenolic OH excluding ortho intramolecular Hbond substituents is 1. The van der Waals surface area contributed by atoms with Crippen molar-refractivity contribution in [1.29, 1.82) is 0 Å². The summed E-state index contributed by atoms with van der Waals surface area (Å²) in [5.41, 5.74) is 10.0. The van der Waals surface area contributed by atoms with E-state index in [9.17, 15) is 19.8 Å². The molecule has 5 N–H and O–H groups in total. The number of aliphatic imine (C=N–C) groups is 1. The Labute approximate surface area is 436 Å². The Bertz CT molecular complexity index is 2480. The molecule has 4 spiro atoms. The third-order valence-corrected chi connectivity index (χ3v) is 25.6. The van der Waals surface area contributed by atoms with Crippen molar-refractivity contribution in [2.24, 2.45) is 63.0 Å². The molecular formula is C60H80N4O6S2. The second-order valence-electron chi connectivity index (χ2n) is 25.6. The lowest BCUT2D eigenvalue weighted by Gasteiger charge is -2.56. The summed E-state index contributed by atoms with van der Waals surface area (Å²) in [5, 5.41) is 29.2. The van der Waals surface area contributed by atoms with E-state index in [-0.39, 0.29) is 69.5 Å². The average molecular weight is 1020 g/mol. The molecule has 15 aliphatic rings. The molecule has 8 fully saturated rings. The number of aliphatic hydroxyl groups excluding tert-OH is 1. The number of amides is 1. The van der Waals surface area contributed by atoms with Crippen LogP contribution < -0.4 is 15.8 Å². The Morgan fingerprint density at radius 3 is 2.51 bits per heavy atom. The van der Waals surface area contributed by atoms with Gasteiger partial charge in [0.1, 0.15) is 16.1 Å². The number of guanidine groups is 1. The lowest BCUT2D eigenvalue weighted by atomic mass is 9.54. The highest BCUT2D eigenvalue weighted by molar-refractivity contribution is 8.77. The number of rotatable bonds is 2. The minimum atomic E-state index is -0.769. The first-order valence-electron chi connectivity index (χ1n) is 28.8. The van der Waals surface area contributed by atoms with Crippen LogP contribution in [-0.4, -0.2) is 74.0 Å². The summed E-state index contributed by atoms with van der Waals surface area (Å²) in [6.45, 7) is 3.00. The van der Waals surface area contributed by atoms with Crippen LogP contribution >= 0.6 is 21.6 Å². The smallest absolute Gasteiger partial charge is 0.303 e. The minimum Gasteiger partial charge on any atom is -0.504 e. The Balaban J connectivity index is 0.897. The third-order valence-electron chi connectivity index (χ3n) is 22.2. The number of benzene rings is 2. The molecule has 10 nitrogen and oxygen atoms in total. The number of aromatic hydroxyl groups is 1. The van der Waals surface area contributed by atoms with Crippen molar-refractivity contribution in [2.45, 2.75) is 195 Å². The number of nitrogens with one attached hydrogen (secondary N) is 1. The van der Waals surface area contributed by atoms with E-state index in [2.05, 4.69) is 75.5 Å². The van der Waals surface area contributed by atoms with Crippen LogP contribution in [0.4, 0.5) is 0 Å². The number of hydrogen-bond donors (Lipinski definition) is 4. The molecule has 72 heavy (non-hydrogen) atoms. The topological polar surface area (TPSA) is 147 Å². The number of nitrogens with zero attached hydrogens (tertiary/aromatic N) is 2. The summed E-state index contributed by atoms with van der Waals surface area (Å²) in [5.74, 6) is 4.79. The number of aliphatic hydroxyl groups is 1. The van der Waals surface area contributed by atoms with E-state index in [4.69, 9.17) is 20.2 Å². The first-order chi connectivity index (χ1) is 34.9. The lowest BCUT2D eigenvalue weighted by Crippen LogP contribution is -2.58. The fourth-order valence-electron chi connectivity index (χ4n) is 19.0. The standard InChI is InChI=1S/C60H80N4O6S2/c1-37(65)69-59-30-42-16-17-46(59)29-43-27-44(53(68)54-52(43)41-20-26-58(70-54)24-7-11-45(58)28-41)34-64-36-57(32-50(64)67)47(18-19-48(57)39-9-3-2-4-10-39)33-62-55(61)63-60(25-8-23-56(60)21-5-6-22-56)72-71-35-38-12-14-40(15-13-38)51(42)49(66)31-59/h2-4,9-10,20,26-27,38,40-42,45-49,51,66,68H,5-8,11-19,21-25,28-36H2,1H3,(H3,61,62,63)/t38?,40?,41-,42+,45+,46+,47-,48-,49-,51+,57-,58+,59+,60-/m1/s1. The monoisotopic (exact) mass is 1020 g/mol. The van der Waals surface area contributed by atoms with Gasteiger partial charge in [-0.15, -0.1) is 0 Å². The van der Waals surface area contributed by atoms with Gasteiger partial charge in [0.15, 0.2) is 17.5 Å². The van der Waals surface area contributed by atoms with E-state index < -0.39 is 17.3 Å². The molecule has 8 aliphatic carbocycles. The van der Waals surface area contributed by atoms with Crippen molar-refractivity contribution in [2.75, 3.05) is 18.8 Å². The van der Waals surface area contributed by atoms with Crippen molar-refractivity contribution in [1.82, 2.24) is 10.2 Å². The van der Waals surface area contributed by atoms with Crippen molar-refractivity contribution in [3.63, 3.8) is 0 Å². The zero-order valence-corrected chi connectivity index (χ0v) is 44.4. The second kappa shape index (κ2) is 18.4. The van der Waals surface area contributed by atoms with Gasteiger partial charge in [-0.2, -0.15) is 0 Å². The zero-order chi connectivity index (χ0) is 49.0. The zero-order valence-electron chi connectivity index (χ0n) is 42.8. The third kappa shape index (κ3) is 7.90. The molecule has 0 aromatic heterocycles. The number of ether oxygens (including phenoxy) is 2. The number of phenols is 1. The van der Waals surface area contributed by atoms with Gasteiger partial charge in [0, 0.05) is 84.9 Å². The molecule has 388 valence electrons. The summed E-state index contributed by atoms with van der Waals surface area (Å²) in [4.78, 5) is 35.4. The van der Waals surface area contributed by atoms with Crippen LogP contribution in [0, 0.1) is 52.3 Å². The van der Waals surface area contributed by atoms with Crippen LogP contribution in [0.2, 0.25) is 0 Å². The molecule has 1 saturated heterocycles. The molecule has 17 rings (SSSR count). The van der Waals surface area contributed by atoms with Gasteiger partial charge >= 0.3 is 5.97 Å². The number of nitrogens with two attached hydrogens (primary N) is 1. The average Bonchev–Trinajstić information content (AvgIpc) is 4.18. The van der Waals surface area contributed by atoms with Gasteiger partial charge in [-0.25, -0.2) is 0 Å². The van der Waals surface area contributed by atoms with Gasteiger partial charge in [0.05, 0.1) is 6.10 Å². The largest absolute Gasteiger partial charge is 0.504 e. The molecule has 2 aromatic rings. The maximum atomic E-state index is 14.9. The second-order valence-corrected chi connectivity index (χ2v) is 28.3. The number of allylic oxidation sites excluding steroid dienone is 1. The minimum absolute atomic E-state index is 0.00256. The number of carbonyl (C=O) groups is 2. The fraction of sp³-hybridized carbons (Fsp3) is 0.717. The van der Waals surface area contributed by atoms with E-state index in [1.165, 1.54) is 56.9 Å². The van der Waals surface area contributed by atoms with Gasteiger partial charge in [0.25, 0.3) is 0 Å². The fourth-order valence-corrected chi connectivity index (χ4v) is 22.9. The van der Waals surface area contributed by atoms with E-state index >= 15 is 0 Å². The molecule has 7 aliphatic heterocycles. The van der Waals surface area contributed by atoms with Gasteiger partial charge in [0.2, 0.25) is 5.91 Å². The summed E-state index contributed by atoms with van der Waals surface area (Å²) >= 11 is 0. The van der Waals surface area contributed by atoms with Crippen molar-refractivity contribution < 1.29 is 29.3 Å². The van der Waals surface area contributed by atoms with Crippen LogP contribution in [-0.2, 0) is 27.3 Å². The SMILES string of the molecule is CC(=O)O[C@]12C[C@@H]3CC[C@H]1Cc1cc(c(O)c4c1[C@@H]1C=C[C@]5(CCC[C@H]5C1)O4)CN1C[C@]4(CC1=O)[C@H](CC[C@@H]4c1ccccc1)CN=C(N)N[C@]1(CCCC14CCCC4)SSCC1CCC(CC1)[C@@H]3[C@H](O)C2. The highest BCUT2D eigenvalue weighted by Crippen LogP contribution is 2.65. The number of carbonyl (C=O) groups excluding carboxylic acids is 2. The highest BCUT2D eigenvalue weighted by Gasteiger charge is 2.60. The van der Waals surface area contributed by atoms with Gasteiger partial charge in [-0.3, -0.25) is 14.6 Å². The van der Waals surface area contributed by atoms with Crippen molar-refractivity contribution >= 4 is 39.4 Å². The van der Waals surface area contributed by atoms with Gasteiger partial charge in [-0.05, 0) is 181 Å². The summed E-state index contributed by atoms with van der Waals surface area (Å²) in [7, 11) is 4.14. The summed E-state index contributed by atoms with van der Waals surface area (Å²) in [6.07, 6.45) is 27.8. The van der Waals surface area contributed by atoms with Crippen molar-refractivity contribution in [3.8, 4) is 11.5 Å². The predicted octanol–water partition coefficient (Wildman–Crippen LogP) is 11.5. The van der Waals surface area contributed by atoms with Crippen LogP contribution in [0.15, 0.2) is 53.5 Å². The molecule has 7 heterocycles. The lowest BCUT2D eigenvalue weighted by molar-refractivity contribution is -0.199. The maximum Gasteiger partial charge on any atom is 0.303 e. The van der Waals surface area contributed by atoms with Crippen LogP contribution in [0.5, 0.6) is 11.5 Å². The molecule has 0 unspecified atom stereocenters. The molecule has 7 saturated carbocycles.